The molecule has 0 spiro atoms. The van der Waals surface area contributed by atoms with Crippen LogP contribution in [0.3, 0.4) is 0 Å². The summed E-state index contributed by atoms with van der Waals surface area (Å²) in [4.78, 5) is 1.81. The highest BCUT2D eigenvalue weighted by Crippen LogP contribution is 2.37. The monoisotopic (exact) mass is 365 g/mol. The van der Waals surface area contributed by atoms with Crippen molar-refractivity contribution in [2.45, 2.75) is 11.8 Å². The van der Waals surface area contributed by atoms with Crippen LogP contribution in [-0.4, -0.2) is 46.4 Å². The van der Waals surface area contributed by atoms with Crippen molar-refractivity contribution in [3.05, 3.63) is 35.9 Å². The summed E-state index contributed by atoms with van der Waals surface area (Å²) in [7, 11) is 1.26. The Morgan fingerprint density at radius 1 is 1.16 bits per heavy atom. The van der Waals surface area contributed by atoms with Gasteiger partial charge in [-0.1, -0.05) is 5.16 Å². The zero-order chi connectivity index (χ0) is 18.2. The van der Waals surface area contributed by atoms with E-state index in [4.69, 9.17) is 14.0 Å². The lowest BCUT2D eigenvalue weighted by Gasteiger charge is -2.19. The summed E-state index contributed by atoms with van der Waals surface area (Å²) in [5.41, 5.74) is 0.749. The minimum atomic E-state index is -3.86. The van der Waals surface area contributed by atoms with Gasteiger partial charge in [0.05, 0.1) is 5.69 Å². The molecule has 0 amide bonds. The standard InChI is InChI=1S/C16H19N3O5S/c1-11-16(14(24-17-11)7-8-18(2)3)25(20,21)19(4)12-5-6-13-15(9-12)23-10-22-13/h5-9H,10H2,1-4H3/b8-7+. The molecule has 25 heavy (non-hydrogen) atoms. The summed E-state index contributed by atoms with van der Waals surface area (Å²) in [6.07, 6.45) is 3.26. The predicted molar refractivity (Wildman–Crippen MR) is 92.1 cm³/mol. The van der Waals surface area contributed by atoms with E-state index in [0.29, 0.717) is 22.9 Å². The van der Waals surface area contributed by atoms with Crippen LogP contribution in [0.25, 0.3) is 6.08 Å². The molecule has 0 bridgehead atoms. The van der Waals surface area contributed by atoms with E-state index < -0.39 is 10.0 Å². The van der Waals surface area contributed by atoms with E-state index in [-0.39, 0.29) is 17.4 Å². The highest BCUT2D eigenvalue weighted by Gasteiger charge is 2.30. The van der Waals surface area contributed by atoms with Crippen molar-refractivity contribution in [1.82, 2.24) is 10.1 Å². The molecule has 0 saturated heterocycles. The molecule has 2 heterocycles. The third kappa shape index (κ3) is 3.14. The summed E-state index contributed by atoms with van der Waals surface area (Å²) in [6, 6.07) is 4.96. The molecule has 0 radical (unpaired) electrons. The molecule has 3 rings (SSSR count). The van der Waals surface area contributed by atoms with Gasteiger partial charge in [-0.25, -0.2) is 8.42 Å². The van der Waals surface area contributed by atoms with Crippen LogP contribution in [0.5, 0.6) is 11.5 Å². The number of aryl methyl sites for hydroxylation is 1. The number of benzene rings is 1. The Labute approximate surface area is 146 Å². The first-order valence-corrected chi connectivity index (χ1v) is 8.94. The van der Waals surface area contributed by atoms with Crippen molar-refractivity contribution in [3.8, 4) is 11.5 Å². The summed E-state index contributed by atoms with van der Waals surface area (Å²) in [6.45, 7) is 1.72. The van der Waals surface area contributed by atoms with E-state index >= 15 is 0 Å². The van der Waals surface area contributed by atoms with Gasteiger partial charge in [-0.05, 0) is 19.1 Å². The molecule has 1 aliphatic rings. The number of ether oxygens (including phenoxy) is 2. The molecule has 2 aromatic rings. The molecule has 9 heteroatoms. The Morgan fingerprint density at radius 3 is 2.60 bits per heavy atom. The highest BCUT2D eigenvalue weighted by molar-refractivity contribution is 7.92. The largest absolute Gasteiger partial charge is 0.454 e. The van der Waals surface area contributed by atoms with Gasteiger partial charge in [0, 0.05) is 39.5 Å². The fourth-order valence-electron chi connectivity index (χ4n) is 2.37. The molecule has 1 aromatic carbocycles. The number of rotatable bonds is 5. The molecule has 8 nitrogen and oxygen atoms in total. The van der Waals surface area contributed by atoms with Crippen molar-refractivity contribution in [1.29, 1.82) is 0 Å². The minimum absolute atomic E-state index is 0.0331. The second kappa shape index (κ2) is 6.32. The molecular formula is C16H19N3O5S. The summed E-state index contributed by atoms with van der Waals surface area (Å²) in [5.74, 6) is 1.28. The van der Waals surface area contributed by atoms with Gasteiger partial charge in [0.2, 0.25) is 6.79 Å². The first kappa shape index (κ1) is 17.2. The molecule has 1 aliphatic heterocycles. The van der Waals surface area contributed by atoms with Gasteiger partial charge in [-0.15, -0.1) is 0 Å². The van der Waals surface area contributed by atoms with E-state index in [1.807, 2.05) is 14.1 Å². The third-order valence-corrected chi connectivity index (χ3v) is 5.64. The fraction of sp³-hybridized carbons (Fsp3) is 0.312. The highest BCUT2D eigenvalue weighted by atomic mass is 32.2. The van der Waals surface area contributed by atoms with Crippen molar-refractivity contribution >= 4 is 21.8 Å². The number of anilines is 1. The lowest BCUT2D eigenvalue weighted by atomic mass is 10.3. The molecule has 0 N–H and O–H groups in total. The summed E-state index contributed by atoms with van der Waals surface area (Å²) in [5, 5.41) is 3.80. The van der Waals surface area contributed by atoms with Crippen molar-refractivity contribution in [2.24, 2.45) is 0 Å². The quantitative estimate of drug-likeness (QED) is 0.802. The second-order valence-electron chi connectivity index (χ2n) is 5.75. The van der Waals surface area contributed by atoms with Crippen LogP contribution in [0.4, 0.5) is 5.69 Å². The van der Waals surface area contributed by atoms with E-state index in [9.17, 15) is 8.42 Å². The van der Waals surface area contributed by atoms with E-state index in [0.717, 1.165) is 0 Å². The fourth-order valence-corrected chi connectivity index (χ4v) is 3.81. The van der Waals surface area contributed by atoms with Gasteiger partial charge < -0.3 is 18.9 Å². The Hall–Kier alpha value is -2.68. The Kier molecular flexibility index (Phi) is 4.34. The maximum Gasteiger partial charge on any atom is 0.269 e. The van der Waals surface area contributed by atoms with E-state index in [1.54, 1.807) is 42.3 Å². The van der Waals surface area contributed by atoms with Crippen LogP contribution in [0.1, 0.15) is 11.5 Å². The zero-order valence-electron chi connectivity index (χ0n) is 14.4. The maximum absolute atomic E-state index is 13.1. The second-order valence-corrected chi connectivity index (χ2v) is 7.66. The Morgan fingerprint density at radius 2 is 1.88 bits per heavy atom. The van der Waals surface area contributed by atoms with Crippen LogP contribution in [0.15, 0.2) is 33.8 Å². The van der Waals surface area contributed by atoms with Gasteiger partial charge in [-0.2, -0.15) is 0 Å². The van der Waals surface area contributed by atoms with Gasteiger partial charge >= 0.3 is 0 Å². The number of sulfonamides is 1. The van der Waals surface area contributed by atoms with Gasteiger partial charge in [0.15, 0.2) is 22.2 Å². The van der Waals surface area contributed by atoms with Gasteiger partial charge in [0.25, 0.3) is 10.0 Å². The average Bonchev–Trinajstić information content (AvgIpc) is 3.17. The minimum Gasteiger partial charge on any atom is -0.454 e. The number of fused-ring (bicyclic) bond motifs is 1. The SMILES string of the molecule is Cc1noc(/C=C/N(C)C)c1S(=O)(=O)N(C)c1ccc2c(c1)OCO2. The van der Waals surface area contributed by atoms with Crippen molar-refractivity contribution in [2.75, 3.05) is 32.2 Å². The van der Waals surface area contributed by atoms with Gasteiger partial charge in [0.1, 0.15) is 5.69 Å². The normalized spacial score (nSPS) is 13.4. The Balaban J connectivity index is 2.00. The van der Waals surface area contributed by atoms with Crippen LogP contribution in [0, 0.1) is 6.92 Å². The first-order valence-electron chi connectivity index (χ1n) is 7.50. The first-order chi connectivity index (χ1) is 11.8. The zero-order valence-corrected chi connectivity index (χ0v) is 15.2. The van der Waals surface area contributed by atoms with Gasteiger partial charge in [-0.3, -0.25) is 4.31 Å². The van der Waals surface area contributed by atoms with E-state index in [2.05, 4.69) is 5.16 Å². The number of hydrogen-bond donors (Lipinski definition) is 0. The number of aromatic nitrogens is 1. The van der Waals surface area contributed by atoms with Crippen molar-refractivity contribution in [3.63, 3.8) is 0 Å². The predicted octanol–water partition coefficient (Wildman–Crippen LogP) is 2.07. The lowest BCUT2D eigenvalue weighted by molar-refractivity contribution is 0.174. The number of nitrogens with zero attached hydrogens (tertiary/aromatic N) is 3. The molecule has 1 aromatic heterocycles. The summed E-state index contributed by atoms with van der Waals surface area (Å²) < 4.78 is 43.1. The molecule has 0 fully saturated rings. The average molecular weight is 365 g/mol. The lowest BCUT2D eigenvalue weighted by Crippen LogP contribution is -2.27. The molecule has 0 atom stereocenters. The molecule has 0 saturated carbocycles. The topological polar surface area (TPSA) is 85.1 Å². The van der Waals surface area contributed by atoms with Crippen LogP contribution < -0.4 is 13.8 Å². The van der Waals surface area contributed by atoms with Crippen LogP contribution >= 0.6 is 0 Å². The molecule has 0 aliphatic carbocycles. The molecule has 0 unspecified atom stereocenters. The summed E-state index contributed by atoms with van der Waals surface area (Å²) >= 11 is 0. The molecule has 134 valence electrons. The van der Waals surface area contributed by atoms with Crippen LogP contribution in [0.2, 0.25) is 0 Å². The number of hydrogen-bond acceptors (Lipinski definition) is 7. The Bertz CT molecular complexity index is 918. The smallest absolute Gasteiger partial charge is 0.269 e. The van der Waals surface area contributed by atoms with Crippen LogP contribution in [-0.2, 0) is 10.0 Å². The van der Waals surface area contributed by atoms with E-state index in [1.165, 1.54) is 11.4 Å². The maximum atomic E-state index is 13.1. The third-order valence-electron chi connectivity index (χ3n) is 3.70. The molecular weight excluding hydrogens is 346 g/mol. The van der Waals surface area contributed by atoms with Crippen molar-refractivity contribution < 1.29 is 22.4 Å².